The molecule has 0 bridgehead atoms. The van der Waals surface area contributed by atoms with E-state index in [-0.39, 0.29) is 18.4 Å². The van der Waals surface area contributed by atoms with Crippen LogP contribution in [0.5, 0.6) is 11.5 Å². The lowest BCUT2D eigenvalue weighted by molar-refractivity contribution is -0.118. The Balaban J connectivity index is 1.41. The van der Waals surface area contributed by atoms with Crippen molar-refractivity contribution >= 4 is 57.8 Å². The van der Waals surface area contributed by atoms with Crippen LogP contribution < -0.4 is 20.1 Å². The Bertz CT molecular complexity index is 1330. The highest BCUT2D eigenvalue weighted by Gasteiger charge is 2.24. The summed E-state index contributed by atoms with van der Waals surface area (Å²) in [4.78, 5) is 29.6. The van der Waals surface area contributed by atoms with Crippen LogP contribution in [0.2, 0.25) is 5.02 Å². The third kappa shape index (κ3) is 6.44. The Hall–Kier alpha value is -3.75. The summed E-state index contributed by atoms with van der Waals surface area (Å²) in [5.74, 6) is 0.285. The van der Waals surface area contributed by atoms with E-state index in [9.17, 15) is 9.59 Å². The maximum absolute atomic E-state index is 12.4. The van der Waals surface area contributed by atoms with Crippen LogP contribution in [0.4, 0.5) is 11.4 Å². The van der Waals surface area contributed by atoms with E-state index in [4.69, 9.17) is 21.1 Å². The molecule has 178 valence electrons. The van der Waals surface area contributed by atoms with Crippen molar-refractivity contribution in [3.63, 3.8) is 0 Å². The minimum Gasteiger partial charge on any atom is -0.493 e. The molecule has 0 aromatic heterocycles. The molecule has 1 aliphatic rings. The summed E-state index contributed by atoms with van der Waals surface area (Å²) in [5.41, 5.74) is 3.01. The van der Waals surface area contributed by atoms with Gasteiger partial charge in [-0.1, -0.05) is 41.9 Å². The highest BCUT2D eigenvalue weighted by molar-refractivity contribution is 8.18. The minimum absolute atomic E-state index is 0.208. The van der Waals surface area contributed by atoms with Gasteiger partial charge in [0.05, 0.1) is 17.7 Å². The molecule has 0 saturated carbocycles. The maximum Gasteiger partial charge on any atom is 0.264 e. The van der Waals surface area contributed by atoms with E-state index in [1.54, 1.807) is 36.4 Å². The molecule has 0 aliphatic carbocycles. The number of amides is 2. The van der Waals surface area contributed by atoms with E-state index in [0.29, 0.717) is 32.3 Å². The van der Waals surface area contributed by atoms with Gasteiger partial charge in [0.25, 0.3) is 11.8 Å². The lowest BCUT2D eigenvalue weighted by Gasteiger charge is -2.12. The molecule has 35 heavy (non-hydrogen) atoms. The van der Waals surface area contributed by atoms with E-state index in [1.807, 2.05) is 43.3 Å². The fourth-order valence-electron chi connectivity index (χ4n) is 3.16. The highest BCUT2D eigenvalue weighted by Crippen LogP contribution is 2.32. The van der Waals surface area contributed by atoms with E-state index in [0.717, 1.165) is 16.8 Å². The quantitative estimate of drug-likeness (QED) is 0.408. The summed E-state index contributed by atoms with van der Waals surface area (Å²) in [6.07, 6.45) is 1.74. The van der Waals surface area contributed by atoms with E-state index >= 15 is 0 Å². The van der Waals surface area contributed by atoms with Crippen molar-refractivity contribution in [2.45, 2.75) is 6.92 Å². The van der Waals surface area contributed by atoms with Crippen molar-refractivity contribution in [2.24, 2.45) is 4.99 Å². The molecular formula is C26H22ClN3O4S. The summed E-state index contributed by atoms with van der Waals surface area (Å²) in [6, 6.07) is 19.9. The normalized spacial score (nSPS) is 15.2. The molecule has 9 heteroatoms. The van der Waals surface area contributed by atoms with Crippen LogP contribution in [-0.2, 0) is 9.59 Å². The molecule has 4 rings (SSSR count). The molecule has 1 saturated heterocycles. The van der Waals surface area contributed by atoms with Gasteiger partial charge in [-0.2, -0.15) is 0 Å². The van der Waals surface area contributed by atoms with Gasteiger partial charge in [-0.05, 0) is 72.3 Å². The van der Waals surface area contributed by atoms with Crippen molar-refractivity contribution in [1.29, 1.82) is 0 Å². The van der Waals surface area contributed by atoms with E-state index in [1.165, 1.54) is 18.9 Å². The van der Waals surface area contributed by atoms with E-state index in [2.05, 4.69) is 15.6 Å². The van der Waals surface area contributed by atoms with Crippen LogP contribution in [-0.4, -0.2) is 30.7 Å². The predicted octanol–water partition coefficient (Wildman–Crippen LogP) is 5.57. The zero-order valence-electron chi connectivity index (χ0n) is 19.0. The first-order valence-electron chi connectivity index (χ1n) is 10.6. The zero-order chi connectivity index (χ0) is 24.8. The molecule has 1 heterocycles. The van der Waals surface area contributed by atoms with Crippen molar-refractivity contribution in [3.8, 4) is 11.5 Å². The molecular weight excluding hydrogens is 486 g/mol. The molecule has 0 unspecified atom stereocenters. The van der Waals surface area contributed by atoms with Crippen molar-refractivity contribution in [2.75, 3.05) is 19.0 Å². The average molecular weight is 508 g/mol. The molecule has 1 fully saturated rings. The van der Waals surface area contributed by atoms with Gasteiger partial charge >= 0.3 is 0 Å². The second-order valence-electron chi connectivity index (χ2n) is 7.53. The molecule has 2 amide bonds. The van der Waals surface area contributed by atoms with Crippen molar-refractivity contribution < 1.29 is 19.1 Å². The molecule has 3 aromatic rings. The van der Waals surface area contributed by atoms with Gasteiger partial charge in [-0.3, -0.25) is 9.59 Å². The van der Waals surface area contributed by atoms with Crippen LogP contribution in [0.25, 0.3) is 6.08 Å². The Morgan fingerprint density at radius 3 is 2.66 bits per heavy atom. The number of carbonyl (C=O) groups excluding carboxylic acids is 2. The van der Waals surface area contributed by atoms with Gasteiger partial charge in [0, 0.05) is 10.7 Å². The van der Waals surface area contributed by atoms with Crippen molar-refractivity contribution in [3.05, 3.63) is 87.8 Å². The number of carbonyl (C=O) groups is 2. The van der Waals surface area contributed by atoms with Gasteiger partial charge in [-0.25, -0.2) is 4.99 Å². The van der Waals surface area contributed by atoms with Crippen LogP contribution in [0, 0.1) is 6.92 Å². The first-order valence-corrected chi connectivity index (χ1v) is 11.8. The number of aliphatic imine (C=N–C) groups is 1. The standard InChI is InChI=1S/C26H22ClN3O4S/c1-16-8-10-19(14-20(16)27)28-24(31)15-34-21-11-9-17(12-22(21)33-2)13-23-25(32)30-26(35-23)29-18-6-4-3-5-7-18/h3-14H,15H2,1-2H3,(H,28,31)(H,29,30,32)/b23-13-. The minimum atomic E-state index is -0.331. The number of benzene rings is 3. The first kappa shape index (κ1) is 24.4. The second kappa shape index (κ2) is 11.1. The average Bonchev–Trinajstić information content (AvgIpc) is 3.19. The van der Waals surface area contributed by atoms with Gasteiger partial charge < -0.3 is 20.1 Å². The Kier molecular flexibility index (Phi) is 7.74. The maximum atomic E-state index is 12.4. The molecule has 1 aliphatic heterocycles. The number of halogens is 1. The summed E-state index contributed by atoms with van der Waals surface area (Å²) < 4.78 is 11.1. The summed E-state index contributed by atoms with van der Waals surface area (Å²) in [6.45, 7) is 1.68. The number of hydrogen-bond acceptors (Lipinski definition) is 6. The number of thioether (sulfide) groups is 1. The smallest absolute Gasteiger partial charge is 0.264 e. The predicted molar refractivity (Wildman–Crippen MR) is 141 cm³/mol. The van der Waals surface area contributed by atoms with Gasteiger partial charge in [0.15, 0.2) is 23.3 Å². The van der Waals surface area contributed by atoms with Gasteiger partial charge in [-0.15, -0.1) is 0 Å². The SMILES string of the molecule is COc1cc(/C=C2\SC(=Nc3ccccc3)NC2=O)ccc1OCC(=O)Nc1ccc(C)c(Cl)c1. The lowest BCUT2D eigenvalue weighted by Crippen LogP contribution is -2.20. The molecule has 0 spiro atoms. The third-order valence-electron chi connectivity index (χ3n) is 4.94. The Morgan fingerprint density at radius 2 is 1.91 bits per heavy atom. The van der Waals surface area contributed by atoms with Crippen LogP contribution >= 0.6 is 23.4 Å². The summed E-state index contributed by atoms with van der Waals surface area (Å²) >= 11 is 7.36. The number of nitrogens with one attached hydrogen (secondary N) is 2. The summed E-state index contributed by atoms with van der Waals surface area (Å²) in [7, 11) is 1.51. The van der Waals surface area contributed by atoms with Gasteiger partial charge in [0.1, 0.15) is 0 Å². The number of anilines is 1. The topological polar surface area (TPSA) is 89.0 Å². The number of para-hydroxylation sites is 1. The van der Waals surface area contributed by atoms with Crippen LogP contribution in [0.3, 0.4) is 0 Å². The Morgan fingerprint density at radius 1 is 1.11 bits per heavy atom. The number of rotatable bonds is 7. The molecule has 2 N–H and O–H groups in total. The van der Waals surface area contributed by atoms with Crippen molar-refractivity contribution in [1.82, 2.24) is 5.32 Å². The molecule has 0 atom stereocenters. The lowest BCUT2D eigenvalue weighted by atomic mass is 10.2. The largest absolute Gasteiger partial charge is 0.493 e. The van der Waals surface area contributed by atoms with Crippen LogP contribution in [0.15, 0.2) is 76.6 Å². The number of methoxy groups -OCH3 is 1. The number of nitrogens with zero attached hydrogens (tertiary/aromatic N) is 1. The van der Waals surface area contributed by atoms with Crippen LogP contribution in [0.1, 0.15) is 11.1 Å². The molecule has 7 nitrogen and oxygen atoms in total. The first-order chi connectivity index (χ1) is 16.9. The number of hydrogen-bond donors (Lipinski definition) is 2. The Labute approximate surface area is 212 Å². The molecule has 3 aromatic carbocycles. The number of ether oxygens (including phenoxy) is 2. The highest BCUT2D eigenvalue weighted by atomic mass is 35.5. The third-order valence-corrected chi connectivity index (χ3v) is 6.25. The van der Waals surface area contributed by atoms with Gasteiger partial charge in [0.2, 0.25) is 0 Å². The monoisotopic (exact) mass is 507 g/mol. The summed E-state index contributed by atoms with van der Waals surface area (Å²) in [5, 5.41) is 6.60. The second-order valence-corrected chi connectivity index (χ2v) is 8.97. The zero-order valence-corrected chi connectivity index (χ0v) is 20.6. The van der Waals surface area contributed by atoms with E-state index < -0.39 is 0 Å². The molecule has 0 radical (unpaired) electrons. The fraction of sp³-hybridized carbons (Fsp3) is 0.115. The number of aryl methyl sites for hydroxylation is 1. The number of amidine groups is 1. The fourth-order valence-corrected chi connectivity index (χ4v) is 4.18.